The second kappa shape index (κ2) is 10.5. The molecule has 2 atom stereocenters. The van der Waals surface area contributed by atoms with Gasteiger partial charge in [0.05, 0.1) is 19.3 Å². The van der Waals surface area contributed by atoms with Gasteiger partial charge in [-0.25, -0.2) is 0 Å². The molecule has 0 radical (unpaired) electrons. The summed E-state index contributed by atoms with van der Waals surface area (Å²) < 4.78 is 42.6. The first-order valence-electron chi connectivity index (χ1n) is 8.96. The van der Waals surface area contributed by atoms with Crippen molar-refractivity contribution in [3.05, 3.63) is 47.8 Å². The van der Waals surface area contributed by atoms with Crippen molar-refractivity contribution >= 4 is 11.7 Å². The number of hydrogen-bond donors (Lipinski definition) is 8. The van der Waals surface area contributed by atoms with Crippen molar-refractivity contribution in [2.45, 2.75) is 18.6 Å². The number of dihydropyridines is 1. The van der Waals surface area contributed by atoms with E-state index < -0.39 is 31.0 Å². The molecule has 0 aromatic rings. The lowest BCUT2D eigenvalue weighted by molar-refractivity contribution is -0.460. The van der Waals surface area contributed by atoms with Crippen molar-refractivity contribution < 1.29 is 32.8 Å². The molecule has 1 amide bonds. The Bertz CT molecular complexity index is 775. The Morgan fingerprint density at radius 2 is 2.23 bits per heavy atom. The number of ether oxygens (including phenoxy) is 1. The largest absolute Gasteiger partial charge is 0.472 e. The van der Waals surface area contributed by atoms with Crippen molar-refractivity contribution in [2.75, 3.05) is 26.7 Å². The van der Waals surface area contributed by atoms with E-state index >= 15 is 0 Å². The van der Waals surface area contributed by atoms with Gasteiger partial charge in [-0.3, -0.25) is 20.8 Å². The average Bonchev–Trinajstić information content (AvgIpc) is 3.20. The molecular weight excluding hydrogens is 407 g/mol. The third-order valence-corrected chi connectivity index (χ3v) is 3.84. The van der Waals surface area contributed by atoms with Gasteiger partial charge in [-0.05, 0) is 18.4 Å². The summed E-state index contributed by atoms with van der Waals surface area (Å²) in [5.41, 5.74) is 6.73. The molecule has 0 aliphatic carbocycles. The summed E-state index contributed by atoms with van der Waals surface area (Å²) >= 11 is 0. The zero-order valence-electron chi connectivity index (χ0n) is 16.1. The number of rotatable bonds is 9. The molecule has 166 valence electrons. The molecule has 0 saturated heterocycles. The normalized spacial score (nSPS) is 21.8. The van der Waals surface area contributed by atoms with Crippen LogP contribution in [0.5, 0.6) is 0 Å². The van der Waals surface area contributed by atoms with E-state index in [1.165, 1.54) is 24.7 Å². The van der Waals surface area contributed by atoms with Crippen LogP contribution in [-0.2, 0) is 9.53 Å². The Balaban J connectivity index is 1.96. The molecule has 2 heterocycles. The molecule has 10 nitrogen and oxygen atoms in total. The van der Waals surface area contributed by atoms with E-state index in [1.54, 1.807) is 13.1 Å². The maximum absolute atomic E-state index is 12.5. The Labute approximate surface area is 170 Å². The summed E-state index contributed by atoms with van der Waals surface area (Å²) in [6, 6.07) is 0. The molecule has 0 spiro atoms. The molecule has 9 N–H and O–H groups in total. The lowest BCUT2D eigenvalue weighted by Gasteiger charge is -2.23. The van der Waals surface area contributed by atoms with E-state index in [1.807, 2.05) is 0 Å². The summed E-state index contributed by atoms with van der Waals surface area (Å²) in [6.07, 6.45) is 1.47. The molecular formula is C17H25F3N7O3+. The Kier molecular flexibility index (Phi) is 8.12. The van der Waals surface area contributed by atoms with Crippen molar-refractivity contribution in [1.29, 1.82) is 0 Å². The lowest BCUT2D eigenvalue weighted by Crippen LogP contribution is -2.77. The topological polar surface area (TPSA) is 147 Å². The summed E-state index contributed by atoms with van der Waals surface area (Å²) in [5, 5.41) is 22.1. The van der Waals surface area contributed by atoms with Gasteiger partial charge in [-0.2, -0.15) is 13.2 Å². The number of aliphatic hydroxyl groups excluding tert-OH is 1. The van der Waals surface area contributed by atoms with Crippen molar-refractivity contribution in [3.8, 4) is 0 Å². The first kappa shape index (κ1) is 23.1. The highest BCUT2D eigenvalue weighted by Crippen LogP contribution is 2.18. The van der Waals surface area contributed by atoms with Gasteiger partial charge in [0.2, 0.25) is 0 Å². The number of carbonyl (C=O) groups excluding carboxylic acids is 1. The van der Waals surface area contributed by atoms with Crippen molar-refractivity contribution in [3.63, 3.8) is 0 Å². The maximum atomic E-state index is 12.5. The summed E-state index contributed by atoms with van der Waals surface area (Å²) in [7, 11) is 1.62. The minimum Gasteiger partial charge on any atom is -0.472 e. The maximum Gasteiger partial charge on any atom is 0.401 e. The van der Waals surface area contributed by atoms with Gasteiger partial charge in [-0.1, -0.05) is 0 Å². The van der Waals surface area contributed by atoms with Crippen LogP contribution in [0.15, 0.2) is 47.8 Å². The van der Waals surface area contributed by atoms with Gasteiger partial charge < -0.3 is 31.1 Å². The van der Waals surface area contributed by atoms with Crippen LogP contribution >= 0.6 is 0 Å². The summed E-state index contributed by atoms with van der Waals surface area (Å²) in [5.74, 6) is -0.400. The van der Waals surface area contributed by atoms with E-state index in [9.17, 15) is 18.0 Å². The van der Waals surface area contributed by atoms with Crippen LogP contribution in [0, 0.1) is 0 Å². The second-order valence-corrected chi connectivity index (χ2v) is 6.20. The van der Waals surface area contributed by atoms with Gasteiger partial charge in [0.15, 0.2) is 6.23 Å². The van der Waals surface area contributed by atoms with Crippen LogP contribution in [-0.4, -0.2) is 62.2 Å². The highest BCUT2D eigenvalue weighted by atomic mass is 19.4. The van der Waals surface area contributed by atoms with Crippen molar-refractivity contribution in [1.82, 2.24) is 26.6 Å². The van der Waals surface area contributed by atoms with Crippen LogP contribution in [0.1, 0.15) is 0 Å². The molecule has 0 aromatic heterocycles. The third kappa shape index (κ3) is 7.00. The molecule has 2 unspecified atom stereocenters. The van der Waals surface area contributed by atoms with E-state index in [0.29, 0.717) is 5.57 Å². The second-order valence-electron chi connectivity index (χ2n) is 6.20. The zero-order chi connectivity index (χ0) is 22.1. The number of carbonyl (C=O) groups is 1. The fourth-order valence-electron chi connectivity index (χ4n) is 2.49. The number of amides is 1. The predicted molar refractivity (Wildman–Crippen MR) is 102 cm³/mol. The monoisotopic (exact) mass is 432 g/mol. The lowest BCUT2D eigenvalue weighted by atomic mass is 10.1. The number of nitrogens with two attached hydrogens (primary N) is 1. The highest BCUT2D eigenvalue weighted by molar-refractivity contribution is 6.01. The Hall–Kier alpha value is -3.19. The third-order valence-electron chi connectivity index (χ3n) is 3.84. The van der Waals surface area contributed by atoms with Gasteiger partial charge in [0.1, 0.15) is 24.2 Å². The Morgan fingerprint density at radius 3 is 2.90 bits per heavy atom. The quantitative estimate of drug-likeness (QED) is 0.141. The minimum absolute atomic E-state index is 0.101. The number of aliphatic hydroxyl groups is 1. The number of halogens is 3. The van der Waals surface area contributed by atoms with E-state index in [-0.39, 0.29) is 30.4 Å². The number of nitrogens with one attached hydrogen (secondary N) is 6. The first-order valence-corrected chi connectivity index (χ1v) is 8.96. The standard InChI is InChI=1S/C17H24F3N7O3/c1-22-7-11(14(21)24-4-5-28)26-15(29)12-8-30-16(27-12)10-2-3-23-13(6-10)25-9-17(18,19)20/h2-3,6-8,13,16,22-23,25,27-28H,4-5,9H2,1H3,(H2,21,24)(H,26,29)/p+1/b11-7+. The molecule has 0 bridgehead atoms. The van der Waals surface area contributed by atoms with Gasteiger partial charge in [0.25, 0.3) is 11.7 Å². The SMILES string of the molecule is CN/C=C(/NC(=O)C1=COC(C2=CC(NCC(F)(F)F)NC=C2)N1)C(N)=[NH+]CCO. The number of alkyl halides is 3. The van der Waals surface area contributed by atoms with Gasteiger partial charge in [0, 0.05) is 18.8 Å². The molecule has 2 rings (SSSR count). The molecule has 2 aliphatic heterocycles. The van der Waals surface area contributed by atoms with Crippen LogP contribution in [0.2, 0.25) is 0 Å². The van der Waals surface area contributed by atoms with Crippen LogP contribution in [0.4, 0.5) is 13.2 Å². The van der Waals surface area contributed by atoms with E-state index in [4.69, 9.17) is 15.6 Å². The van der Waals surface area contributed by atoms with Gasteiger partial charge in [-0.15, -0.1) is 0 Å². The predicted octanol–water partition coefficient (Wildman–Crippen LogP) is -3.10. The van der Waals surface area contributed by atoms with Gasteiger partial charge >= 0.3 is 6.18 Å². The van der Waals surface area contributed by atoms with Crippen molar-refractivity contribution in [2.24, 2.45) is 5.73 Å². The molecule has 0 saturated carbocycles. The first-order chi connectivity index (χ1) is 14.2. The molecule has 13 heteroatoms. The Morgan fingerprint density at radius 1 is 1.47 bits per heavy atom. The fourth-order valence-corrected chi connectivity index (χ4v) is 2.49. The number of amidine groups is 1. The van der Waals surface area contributed by atoms with E-state index in [2.05, 4.69) is 31.6 Å². The highest BCUT2D eigenvalue weighted by Gasteiger charge is 2.30. The number of hydrogen-bond acceptors (Lipinski definition) is 7. The van der Waals surface area contributed by atoms with Crippen LogP contribution < -0.4 is 37.3 Å². The molecule has 0 fully saturated rings. The minimum atomic E-state index is -4.34. The molecule has 0 aromatic carbocycles. The summed E-state index contributed by atoms with van der Waals surface area (Å²) in [6.45, 7) is -1.09. The van der Waals surface area contributed by atoms with Crippen LogP contribution in [0.25, 0.3) is 0 Å². The van der Waals surface area contributed by atoms with Crippen LogP contribution in [0.3, 0.4) is 0 Å². The molecule has 30 heavy (non-hydrogen) atoms. The molecule has 2 aliphatic rings. The summed E-state index contributed by atoms with van der Waals surface area (Å²) in [4.78, 5) is 15.2. The van der Waals surface area contributed by atoms with E-state index in [0.717, 1.165) is 0 Å². The average molecular weight is 432 g/mol. The fraction of sp³-hybridized carbons (Fsp3) is 0.412. The smallest absolute Gasteiger partial charge is 0.401 e. The zero-order valence-corrected chi connectivity index (χ0v) is 16.1.